The number of thiazole rings is 1. The second-order valence-corrected chi connectivity index (χ2v) is 8.08. The van der Waals surface area contributed by atoms with Gasteiger partial charge in [0.2, 0.25) is 0 Å². The van der Waals surface area contributed by atoms with Crippen LogP contribution in [0.3, 0.4) is 0 Å². The predicted molar refractivity (Wildman–Crippen MR) is 109 cm³/mol. The summed E-state index contributed by atoms with van der Waals surface area (Å²) >= 11 is 1.80. The summed E-state index contributed by atoms with van der Waals surface area (Å²) in [4.78, 5) is 13.3. The summed E-state index contributed by atoms with van der Waals surface area (Å²) in [6, 6.07) is 0. The second-order valence-electron chi connectivity index (χ2n) is 6.80. The molecule has 1 aliphatic heterocycles. The van der Waals surface area contributed by atoms with Crippen LogP contribution in [0.1, 0.15) is 54.6 Å². The molecule has 2 rings (SSSR count). The molecule has 5 nitrogen and oxygen atoms in total. The van der Waals surface area contributed by atoms with Crippen LogP contribution >= 0.6 is 11.3 Å². The van der Waals surface area contributed by atoms with Crippen LogP contribution in [0.2, 0.25) is 0 Å². The Bertz CT molecular complexity index is 498. The highest BCUT2D eigenvalue weighted by Crippen LogP contribution is 2.16. The van der Waals surface area contributed by atoms with E-state index >= 15 is 0 Å². The van der Waals surface area contributed by atoms with Crippen LogP contribution in [-0.2, 0) is 6.42 Å². The molecular weight excluding hydrogens is 330 g/mol. The largest absolute Gasteiger partial charge is 0.357 e. The van der Waals surface area contributed by atoms with Gasteiger partial charge in [-0.15, -0.1) is 11.3 Å². The normalized spacial score (nSPS) is 16.7. The Morgan fingerprint density at radius 2 is 1.92 bits per heavy atom. The van der Waals surface area contributed by atoms with Crippen molar-refractivity contribution in [1.29, 1.82) is 0 Å². The molecule has 0 unspecified atom stereocenters. The summed E-state index contributed by atoms with van der Waals surface area (Å²) in [5.74, 6) is 0.934. The molecule has 0 aliphatic carbocycles. The molecule has 0 saturated carbocycles. The lowest BCUT2D eigenvalue weighted by Gasteiger charge is -2.19. The molecule has 142 valence electrons. The highest BCUT2D eigenvalue weighted by Gasteiger charge is 2.08. The molecular formula is C19H35N5S. The lowest BCUT2D eigenvalue weighted by atomic mass is 10.2. The predicted octanol–water partition coefficient (Wildman–Crippen LogP) is 3.12. The number of likely N-dealkylation sites (tertiary alicyclic amines) is 1. The Morgan fingerprint density at radius 3 is 2.56 bits per heavy atom. The maximum Gasteiger partial charge on any atom is 0.191 e. The van der Waals surface area contributed by atoms with Crippen molar-refractivity contribution in [3.8, 4) is 0 Å². The number of hydrogen-bond acceptors (Lipinski definition) is 4. The summed E-state index contributed by atoms with van der Waals surface area (Å²) in [6.45, 7) is 12.7. The van der Waals surface area contributed by atoms with Gasteiger partial charge >= 0.3 is 0 Å². The minimum atomic E-state index is 0.879. The summed E-state index contributed by atoms with van der Waals surface area (Å²) in [5.41, 5.74) is 1.16. The minimum absolute atomic E-state index is 0.879. The third kappa shape index (κ3) is 7.74. The van der Waals surface area contributed by atoms with Crippen molar-refractivity contribution < 1.29 is 0 Å². The van der Waals surface area contributed by atoms with Crippen molar-refractivity contribution >= 4 is 17.3 Å². The van der Waals surface area contributed by atoms with E-state index in [9.17, 15) is 0 Å². The molecule has 1 aromatic heterocycles. The number of guanidine groups is 1. The van der Waals surface area contributed by atoms with E-state index < -0.39 is 0 Å². The third-order valence-corrected chi connectivity index (χ3v) is 5.78. The molecule has 0 bridgehead atoms. The number of aryl methyl sites for hydroxylation is 2. The highest BCUT2D eigenvalue weighted by atomic mass is 32.1. The molecule has 1 aromatic rings. The number of aliphatic imine (C=N–C) groups is 1. The number of rotatable bonds is 8. The van der Waals surface area contributed by atoms with Gasteiger partial charge in [-0.25, -0.2) is 4.98 Å². The quantitative estimate of drug-likeness (QED) is 0.422. The number of nitrogens with one attached hydrogen (secondary N) is 2. The lowest BCUT2D eigenvalue weighted by molar-refractivity contribution is 0.283. The molecule has 2 N–H and O–H groups in total. The van der Waals surface area contributed by atoms with Crippen LogP contribution in [0, 0.1) is 13.8 Å². The van der Waals surface area contributed by atoms with E-state index in [-0.39, 0.29) is 0 Å². The number of nitrogens with zero attached hydrogens (tertiary/aromatic N) is 3. The molecule has 6 heteroatoms. The Kier molecular flexibility index (Phi) is 9.26. The second kappa shape index (κ2) is 11.5. The van der Waals surface area contributed by atoms with Crippen molar-refractivity contribution in [2.75, 3.05) is 39.3 Å². The van der Waals surface area contributed by atoms with Gasteiger partial charge in [-0.3, -0.25) is 4.99 Å². The Balaban J connectivity index is 1.68. The first-order chi connectivity index (χ1) is 12.2. The summed E-state index contributed by atoms with van der Waals surface area (Å²) in [7, 11) is 0. The molecule has 0 radical (unpaired) electrons. The molecule has 0 amide bonds. The van der Waals surface area contributed by atoms with Crippen LogP contribution < -0.4 is 10.6 Å². The SMILES string of the molecule is CCNC(=NCCCN1CCCCCC1)NCCc1nc(C)c(C)s1. The molecule has 25 heavy (non-hydrogen) atoms. The third-order valence-electron chi connectivity index (χ3n) is 4.65. The molecule has 0 spiro atoms. The molecule has 1 saturated heterocycles. The minimum Gasteiger partial charge on any atom is -0.357 e. The fourth-order valence-electron chi connectivity index (χ4n) is 3.12. The van der Waals surface area contributed by atoms with Crippen molar-refractivity contribution in [3.05, 3.63) is 15.6 Å². The van der Waals surface area contributed by atoms with E-state index in [1.165, 1.54) is 55.2 Å². The van der Waals surface area contributed by atoms with Gasteiger partial charge in [0.1, 0.15) is 0 Å². The summed E-state index contributed by atoms with van der Waals surface area (Å²) in [6.07, 6.45) is 7.63. The van der Waals surface area contributed by atoms with Gasteiger partial charge in [-0.2, -0.15) is 0 Å². The highest BCUT2D eigenvalue weighted by molar-refractivity contribution is 7.11. The van der Waals surface area contributed by atoms with Crippen molar-refractivity contribution in [3.63, 3.8) is 0 Å². The van der Waals surface area contributed by atoms with E-state index in [2.05, 4.69) is 41.3 Å². The van der Waals surface area contributed by atoms with Gasteiger partial charge < -0.3 is 15.5 Å². The lowest BCUT2D eigenvalue weighted by Crippen LogP contribution is -2.38. The first kappa shape index (κ1) is 20.2. The van der Waals surface area contributed by atoms with Gasteiger partial charge in [0.15, 0.2) is 5.96 Å². The van der Waals surface area contributed by atoms with Gasteiger partial charge in [0.05, 0.1) is 10.7 Å². The van der Waals surface area contributed by atoms with E-state index in [1.54, 1.807) is 11.3 Å². The van der Waals surface area contributed by atoms with Crippen molar-refractivity contribution in [2.45, 2.75) is 59.3 Å². The summed E-state index contributed by atoms with van der Waals surface area (Å²) < 4.78 is 0. The van der Waals surface area contributed by atoms with Crippen LogP contribution in [0.5, 0.6) is 0 Å². The van der Waals surface area contributed by atoms with Gasteiger partial charge in [0, 0.05) is 30.9 Å². The fourth-order valence-corrected chi connectivity index (χ4v) is 4.05. The maximum atomic E-state index is 4.73. The van der Waals surface area contributed by atoms with Gasteiger partial charge in [0.25, 0.3) is 0 Å². The average molecular weight is 366 g/mol. The molecule has 2 heterocycles. The summed E-state index contributed by atoms with van der Waals surface area (Å²) in [5, 5.41) is 7.99. The monoisotopic (exact) mass is 365 g/mol. The molecule has 0 aromatic carbocycles. The number of hydrogen-bond donors (Lipinski definition) is 2. The molecule has 1 fully saturated rings. The van der Waals surface area contributed by atoms with E-state index in [0.717, 1.165) is 44.1 Å². The standard InChI is InChI=1S/C19H35N5S/c1-4-20-19(22-12-10-18-23-16(2)17(3)25-18)21-11-9-15-24-13-7-5-6-8-14-24/h4-15H2,1-3H3,(H2,20,21,22). The Hall–Kier alpha value is -1.14. The van der Waals surface area contributed by atoms with Crippen LogP contribution in [0.4, 0.5) is 0 Å². The maximum absolute atomic E-state index is 4.73. The first-order valence-electron chi connectivity index (χ1n) is 9.86. The number of aromatic nitrogens is 1. The topological polar surface area (TPSA) is 52.6 Å². The molecule has 0 atom stereocenters. The van der Waals surface area contributed by atoms with E-state index in [4.69, 9.17) is 4.99 Å². The zero-order chi connectivity index (χ0) is 17.9. The average Bonchev–Trinajstić information content (AvgIpc) is 2.79. The van der Waals surface area contributed by atoms with Gasteiger partial charge in [-0.05, 0) is 59.7 Å². The van der Waals surface area contributed by atoms with Crippen molar-refractivity contribution in [1.82, 2.24) is 20.5 Å². The van der Waals surface area contributed by atoms with Gasteiger partial charge in [-0.1, -0.05) is 12.8 Å². The Morgan fingerprint density at radius 1 is 1.16 bits per heavy atom. The zero-order valence-electron chi connectivity index (χ0n) is 16.2. The Labute approximate surface area is 157 Å². The smallest absolute Gasteiger partial charge is 0.191 e. The van der Waals surface area contributed by atoms with Crippen LogP contribution in [-0.4, -0.2) is 55.1 Å². The van der Waals surface area contributed by atoms with Crippen molar-refractivity contribution in [2.24, 2.45) is 4.99 Å². The fraction of sp³-hybridized carbons (Fsp3) is 0.789. The van der Waals surface area contributed by atoms with Crippen LogP contribution in [0.15, 0.2) is 4.99 Å². The van der Waals surface area contributed by atoms with E-state index in [0.29, 0.717) is 0 Å². The first-order valence-corrected chi connectivity index (χ1v) is 10.7. The molecule has 1 aliphatic rings. The zero-order valence-corrected chi connectivity index (χ0v) is 17.1. The van der Waals surface area contributed by atoms with E-state index in [1.807, 2.05) is 0 Å². The van der Waals surface area contributed by atoms with Crippen LogP contribution in [0.25, 0.3) is 0 Å².